The summed E-state index contributed by atoms with van der Waals surface area (Å²) in [7, 11) is 0. The van der Waals surface area contributed by atoms with Crippen molar-refractivity contribution in [3.05, 3.63) is 50.2 Å². The molecule has 2 rings (SSSR count). The van der Waals surface area contributed by atoms with Crippen LogP contribution in [0.25, 0.3) is 11.3 Å². The van der Waals surface area contributed by atoms with Crippen LogP contribution in [-0.4, -0.2) is 10.2 Å². The second-order valence-electron chi connectivity index (χ2n) is 2.93. The molecule has 0 saturated carbocycles. The normalized spacial score (nSPS) is 10.3. The van der Waals surface area contributed by atoms with E-state index in [-0.39, 0.29) is 5.56 Å². The number of H-pyrrole nitrogens is 1. The Balaban J connectivity index is 2.58. The fraction of sp³-hybridized carbons (Fsp3) is 0. The Morgan fingerprint density at radius 3 is 2.73 bits per heavy atom. The lowest BCUT2D eigenvalue weighted by Crippen LogP contribution is -2.05. The van der Waals surface area contributed by atoms with Gasteiger partial charge in [-0.05, 0) is 24.3 Å². The number of nitrogens with zero attached hydrogens (tertiary/aromatic N) is 1. The maximum Gasteiger partial charge on any atom is 0.264 e. The van der Waals surface area contributed by atoms with E-state index < -0.39 is 0 Å². The van der Waals surface area contributed by atoms with Crippen molar-refractivity contribution < 1.29 is 0 Å². The van der Waals surface area contributed by atoms with Crippen molar-refractivity contribution in [3.8, 4) is 11.3 Å². The third-order valence-corrected chi connectivity index (χ3v) is 2.81. The molecule has 0 amide bonds. The average molecular weight is 286 g/mol. The quantitative estimate of drug-likeness (QED) is 0.876. The predicted molar refractivity (Wildman–Crippen MR) is 63.0 cm³/mol. The SMILES string of the molecule is O=c1ccc(-c2cc(Cl)ccc2Br)n[nH]1. The predicted octanol–water partition coefficient (Wildman–Crippen LogP) is 2.85. The van der Waals surface area contributed by atoms with E-state index in [9.17, 15) is 4.79 Å². The molecule has 0 aliphatic rings. The first-order valence-electron chi connectivity index (χ1n) is 4.18. The first-order valence-corrected chi connectivity index (χ1v) is 5.35. The lowest BCUT2D eigenvalue weighted by atomic mass is 10.1. The van der Waals surface area contributed by atoms with E-state index in [1.807, 2.05) is 6.07 Å². The van der Waals surface area contributed by atoms with E-state index in [4.69, 9.17) is 11.6 Å². The highest BCUT2D eigenvalue weighted by Crippen LogP contribution is 2.28. The molecule has 0 aliphatic carbocycles. The van der Waals surface area contributed by atoms with Crippen molar-refractivity contribution in [1.29, 1.82) is 0 Å². The van der Waals surface area contributed by atoms with Gasteiger partial charge in [-0.2, -0.15) is 5.10 Å². The minimum absolute atomic E-state index is 0.225. The summed E-state index contributed by atoms with van der Waals surface area (Å²) in [5.41, 5.74) is 1.29. The molecule has 5 heteroatoms. The van der Waals surface area contributed by atoms with Crippen molar-refractivity contribution >= 4 is 27.5 Å². The second-order valence-corrected chi connectivity index (χ2v) is 4.22. The number of hydrogen-bond donors (Lipinski definition) is 1. The zero-order valence-electron chi connectivity index (χ0n) is 7.50. The van der Waals surface area contributed by atoms with Crippen LogP contribution in [0.15, 0.2) is 39.6 Å². The van der Waals surface area contributed by atoms with Crippen LogP contribution in [0.3, 0.4) is 0 Å². The Morgan fingerprint density at radius 2 is 2.07 bits per heavy atom. The fourth-order valence-corrected chi connectivity index (χ4v) is 1.81. The summed E-state index contributed by atoms with van der Waals surface area (Å²) in [6.45, 7) is 0. The summed E-state index contributed by atoms with van der Waals surface area (Å²) in [6, 6.07) is 8.47. The molecule has 1 aromatic carbocycles. The largest absolute Gasteiger partial charge is 0.268 e. The molecule has 76 valence electrons. The third kappa shape index (κ3) is 2.27. The first kappa shape index (κ1) is 10.4. The van der Waals surface area contributed by atoms with Crippen LogP contribution in [0.5, 0.6) is 0 Å². The molecule has 0 unspecified atom stereocenters. The Hall–Kier alpha value is -1.13. The lowest BCUT2D eigenvalue weighted by Gasteiger charge is -2.03. The molecule has 0 bridgehead atoms. The molecule has 1 aromatic heterocycles. The molecule has 0 atom stereocenters. The van der Waals surface area contributed by atoms with E-state index in [0.29, 0.717) is 10.7 Å². The number of nitrogens with one attached hydrogen (secondary N) is 1. The first-order chi connectivity index (χ1) is 7.16. The minimum Gasteiger partial charge on any atom is -0.268 e. The van der Waals surface area contributed by atoms with Crippen LogP contribution < -0.4 is 5.56 Å². The maximum atomic E-state index is 10.8. The van der Waals surface area contributed by atoms with E-state index in [1.54, 1.807) is 18.2 Å². The molecule has 0 fully saturated rings. The summed E-state index contributed by atoms with van der Waals surface area (Å²) in [5, 5.41) is 6.93. The van der Waals surface area contributed by atoms with E-state index in [0.717, 1.165) is 10.0 Å². The number of hydrogen-bond acceptors (Lipinski definition) is 2. The molecule has 0 saturated heterocycles. The zero-order valence-corrected chi connectivity index (χ0v) is 9.84. The van der Waals surface area contributed by atoms with Gasteiger partial charge >= 0.3 is 0 Å². The van der Waals surface area contributed by atoms with Gasteiger partial charge in [0.2, 0.25) is 0 Å². The Morgan fingerprint density at radius 1 is 1.27 bits per heavy atom. The van der Waals surface area contributed by atoms with Gasteiger partial charge in [-0.1, -0.05) is 27.5 Å². The van der Waals surface area contributed by atoms with E-state index in [2.05, 4.69) is 26.1 Å². The van der Waals surface area contributed by atoms with Gasteiger partial charge in [-0.25, -0.2) is 5.10 Å². The summed E-state index contributed by atoms with van der Waals surface area (Å²) < 4.78 is 0.881. The molecule has 1 N–H and O–H groups in total. The van der Waals surface area contributed by atoms with Gasteiger partial charge in [0.15, 0.2) is 0 Å². The van der Waals surface area contributed by atoms with Gasteiger partial charge in [0.1, 0.15) is 0 Å². The second kappa shape index (κ2) is 4.16. The van der Waals surface area contributed by atoms with Crippen molar-refractivity contribution in [1.82, 2.24) is 10.2 Å². The maximum absolute atomic E-state index is 10.8. The van der Waals surface area contributed by atoms with Gasteiger partial charge < -0.3 is 0 Å². The Kier molecular flexibility index (Phi) is 2.88. The van der Waals surface area contributed by atoms with Crippen LogP contribution in [0, 0.1) is 0 Å². The van der Waals surface area contributed by atoms with Crippen molar-refractivity contribution in [3.63, 3.8) is 0 Å². The van der Waals surface area contributed by atoms with Crippen LogP contribution in [-0.2, 0) is 0 Å². The van der Waals surface area contributed by atoms with E-state index in [1.165, 1.54) is 6.07 Å². The van der Waals surface area contributed by atoms with Gasteiger partial charge in [0, 0.05) is 21.1 Å². The number of aromatic nitrogens is 2. The van der Waals surface area contributed by atoms with Gasteiger partial charge in [-0.15, -0.1) is 0 Å². The number of halogens is 2. The zero-order chi connectivity index (χ0) is 10.8. The summed E-state index contributed by atoms with van der Waals surface area (Å²) in [6.07, 6.45) is 0. The molecule has 3 nitrogen and oxygen atoms in total. The molecular formula is C10H6BrClN2O. The molecule has 1 heterocycles. The van der Waals surface area contributed by atoms with Crippen molar-refractivity contribution in [2.45, 2.75) is 0 Å². The highest BCUT2D eigenvalue weighted by atomic mass is 79.9. The summed E-state index contributed by atoms with van der Waals surface area (Å²) >= 11 is 9.27. The molecule has 15 heavy (non-hydrogen) atoms. The summed E-state index contributed by atoms with van der Waals surface area (Å²) in [4.78, 5) is 10.8. The number of aromatic amines is 1. The monoisotopic (exact) mass is 284 g/mol. The van der Waals surface area contributed by atoms with Crippen LogP contribution in [0.4, 0.5) is 0 Å². The fourth-order valence-electron chi connectivity index (χ4n) is 1.19. The van der Waals surface area contributed by atoms with Crippen molar-refractivity contribution in [2.24, 2.45) is 0 Å². The highest BCUT2D eigenvalue weighted by molar-refractivity contribution is 9.10. The Bertz CT molecular complexity index is 533. The number of rotatable bonds is 1. The molecule has 2 aromatic rings. The topological polar surface area (TPSA) is 45.8 Å². The average Bonchev–Trinajstić information content (AvgIpc) is 2.23. The third-order valence-electron chi connectivity index (χ3n) is 1.88. The smallest absolute Gasteiger partial charge is 0.264 e. The van der Waals surface area contributed by atoms with Gasteiger partial charge in [0.25, 0.3) is 5.56 Å². The molecule has 0 aliphatic heterocycles. The lowest BCUT2D eigenvalue weighted by molar-refractivity contribution is 0.995. The van der Waals surface area contributed by atoms with Gasteiger partial charge in [0.05, 0.1) is 5.69 Å². The summed E-state index contributed by atoms with van der Waals surface area (Å²) in [5.74, 6) is 0. The van der Waals surface area contributed by atoms with Crippen molar-refractivity contribution in [2.75, 3.05) is 0 Å². The molecule has 0 spiro atoms. The highest BCUT2D eigenvalue weighted by Gasteiger charge is 2.05. The Labute approximate surface area is 99.2 Å². The van der Waals surface area contributed by atoms with Crippen LogP contribution in [0.1, 0.15) is 0 Å². The molecule has 0 radical (unpaired) electrons. The standard InChI is InChI=1S/C10H6BrClN2O/c11-8-2-1-6(12)5-7(8)9-3-4-10(15)14-13-9/h1-5H,(H,14,15). The number of benzene rings is 1. The minimum atomic E-state index is -0.225. The molecular weight excluding hydrogens is 279 g/mol. The van der Waals surface area contributed by atoms with Gasteiger partial charge in [-0.3, -0.25) is 4.79 Å². The van der Waals surface area contributed by atoms with E-state index >= 15 is 0 Å². The van der Waals surface area contributed by atoms with Crippen LogP contribution >= 0.6 is 27.5 Å². The van der Waals surface area contributed by atoms with Crippen LogP contribution in [0.2, 0.25) is 5.02 Å².